The number of carbonyl (C=O) groups is 1. The summed E-state index contributed by atoms with van der Waals surface area (Å²) >= 11 is 1.66. The molecule has 1 heterocycles. The number of hydrogen-bond donors (Lipinski definition) is 1. The summed E-state index contributed by atoms with van der Waals surface area (Å²) in [6.07, 6.45) is 2.89. The molecule has 1 N–H and O–H groups in total. The van der Waals surface area contributed by atoms with E-state index in [0.29, 0.717) is 6.42 Å². The van der Waals surface area contributed by atoms with Crippen LogP contribution >= 0.6 is 11.3 Å². The van der Waals surface area contributed by atoms with Crippen LogP contribution in [-0.4, -0.2) is 17.5 Å². The minimum atomic E-state index is -0.239. The first-order chi connectivity index (χ1) is 6.22. The van der Waals surface area contributed by atoms with Crippen LogP contribution in [-0.2, 0) is 17.6 Å². The highest BCUT2D eigenvalue weighted by Crippen LogP contribution is 2.18. The third-order valence-corrected chi connectivity index (χ3v) is 2.98. The zero-order chi connectivity index (χ0) is 9.68. The predicted molar refractivity (Wildman–Crippen MR) is 54.1 cm³/mol. The normalized spacial score (nSPS) is 12.8. The molecule has 0 bridgehead atoms. The summed E-state index contributed by atoms with van der Waals surface area (Å²) in [5.74, 6) is 0. The Labute approximate surface area is 82.2 Å². The van der Waals surface area contributed by atoms with Gasteiger partial charge in [-0.1, -0.05) is 0 Å². The van der Waals surface area contributed by atoms with Gasteiger partial charge in [-0.2, -0.15) is 0 Å². The number of rotatable bonds is 5. The maximum absolute atomic E-state index is 10.2. The van der Waals surface area contributed by atoms with E-state index in [2.05, 4.69) is 0 Å². The maximum Gasteiger partial charge on any atom is 0.125 e. The Morgan fingerprint density at radius 2 is 2.23 bits per heavy atom. The van der Waals surface area contributed by atoms with Crippen molar-refractivity contribution in [3.05, 3.63) is 21.9 Å². The number of aryl methyl sites for hydroxylation is 1. The Morgan fingerprint density at radius 1 is 1.54 bits per heavy atom. The molecular weight excluding hydrogens is 184 g/mol. The van der Waals surface area contributed by atoms with E-state index in [1.54, 1.807) is 18.3 Å². The van der Waals surface area contributed by atoms with E-state index in [-0.39, 0.29) is 6.10 Å². The first kappa shape index (κ1) is 10.4. The second-order valence-electron chi connectivity index (χ2n) is 3.13. The molecule has 0 aromatic carbocycles. The smallest absolute Gasteiger partial charge is 0.125 e. The molecule has 0 saturated heterocycles. The average Bonchev–Trinajstić information content (AvgIpc) is 2.50. The molecular formula is C10H14O2S. The lowest BCUT2D eigenvalue weighted by Gasteiger charge is -2.00. The second-order valence-corrected chi connectivity index (χ2v) is 4.38. The summed E-state index contributed by atoms with van der Waals surface area (Å²) in [6, 6.07) is 4.02. The zero-order valence-corrected chi connectivity index (χ0v) is 8.51. The molecule has 1 rings (SSSR count). The first-order valence-electron chi connectivity index (χ1n) is 4.41. The van der Waals surface area contributed by atoms with E-state index >= 15 is 0 Å². The van der Waals surface area contributed by atoms with E-state index in [9.17, 15) is 4.79 Å². The molecule has 1 atom stereocenters. The molecule has 13 heavy (non-hydrogen) atoms. The summed E-state index contributed by atoms with van der Waals surface area (Å²) in [7, 11) is 0. The minimum Gasteiger partial charge on any atom is -0.393 e. The molecule has 1 aromatic heterocycles. The fourth-order valence-corrected chi connectivity index (χ4v) is 2.08. The molecule has 3 heteroatoms. The maximum atomic E-state index is 10.2. The fraction of sp³-hybridized carbons (Fsp3) is 0.500. The van der Waals surface area contributed by atoms with E-state index in [1.807, 2.05) is 12.1 Å². The van der Waals surface area contributed by atoms with Crippen molar-refractivity contribution in [1.82, 2.24) is 0 Å². The van der Waals surface area contributed by atoms with Crippen molar-refractivity contribution in [2.24, 2.45) is 0 Å². The van der Waals surface area contributed by atoms with Crippen LogP contribution in [0, 0.1) is 0 Å². The lowest BCUT2D eigenvalue weighted by atomic mass is 10.2. The number of carbonyl (C=O) groups excluding carboxylic acids is 1. The average molecular weight is 198 g/mol. The molecule has 0 aliphatic carbocycles. The van der Waals surface area contributed by atoms with Crippen LogP contribution in [0.1, 0.15) is 23.1 Å². The van der Waals surface area contributed by atoms with Crippen LogP contribution in [0.4, 0.5) is 0 Å². The summed E-state index contributed by atoms with van der Waals surface area (Å²) < 4.78 is 0. The number of hydrogen-bond acceptors (Lipinski definition) is 3. The second kappa shape index (κ2) is 5.14. The predicted octanol–water partition coefficient (Wildman–Crippen LogP) is 1.80. The number of aliphatic hydroxyl groups excluding tert-OH is 1. The Bertz CT molecular complexity index is 266. The van der Waals surface area contributed by atoms with Crippen LogP contribution in [0.2, 0.25) is 0 Å². The van der Waals surface area contributed by atoms with E-state index < -0.39 is 0 Å². The third kappa shape index (κ3) is 3.70. The quantitative estimate of drug-likeness (QED) is 0.732. The van der Waals surface area contributed by atoms with Gasteiger partial charge < -0.3 is 9.90 Å². The lowest BCUT2D eigenvalue weighted by molar-refractivity contribution is -0.107. The molecule has 0 radical (unpaired) electrons. The van der Waals surface area contributed by atoms with Gasteiger partial charge in [0, 0.05) is 16.2 Å². The molecule has 0 fully saturated rings. The Hall–Kier alpha value is -0.670. The highest BCUT2D eigenvalue weighted by Gasteiger charge is 2.01. The topological polar surface area (TPSA) is 37.3 Å². The minimum absolute atomic E-state index is 0.239. The van der Waals surface area contributed by atoms with Crippen molar-refractivity contribution in [2.45, 2.75) is 32.3 Å². The molecule has 0 saturated carbocycles. The van der Waals surface area contributed by atoms with Gasteiger partial charge in [-0.05, 0) is 31.9 Å². The van der Waals surface area contributed by atoms with E-state index in [0.717, 1.165) is 24.0 Å². The van der Waals surface area contributed by atoms with Gasteiger partial charge in [-0.25, -0.2) is 0 Å². The number of thiophene rings is 1. The molecule has 0 spiro atoms. The number of aliphatic hydroxyl groups is 1. The van der Waals surface area contributed by atoms with Crippen LogP contribution in [0.25, 0.3) is 0 Å². The molecule has 1 unspecified atom stereocenters. The van der Waals surface area contributed by atoms with Gasteiger partial charge in [0.1, 0.15) is 6.29 Å². The van der Waals surface area contributed by atoms with Gasteiger partial charge in [0.15, 0.2) is 0 Å². The number of aldehydes is 1. The van der Waals surface area contributed by atoms with Gasteiger partial charge >= 0.3 is 0 Å². The molecule has 0 amide bonds. The monoisotopic (exact) mass is 198 g/mol. The summed E-state index contributed by atoms with van der Waals surface area (Å²) in [6.45, 7) is 1.79. The van der Waals surface area contributed by atoms with Gasteiger partial charge in [-0.15, -0.1) is 11.3 Å². The van der Waals surface area contributed by atoms with Crippen LogP contribution < -0.4 is 0 Å². The summed E-state index contributed by atoms with van der Waals surface area (Å²) in [4.78, 5) is 12.6. The molecule has 1 aromatic rings. The standard InChI is InChI=1S/C10H14O2S/c1-8(12)2-3-9-4-5-10(13-9)6-7-11/h4-5,7-8,12H,2-3,6H2,1H3. The van der Waals surface area contributed by atoms with E-state index in [4.69, 9.17) is 5.11 Å². The molecule has 0 aliphatic heterocycles. The third-order valence-electron chi connectivity index (χ3n) is 1.81. The highest BCUT2D eigenvalue weighted by atomic mass is 32.1. The van der Waals surface area contributed by atoms with Crippen molar-refractivity contribution in [1.29, 1.82) is 0 Å². The Morgan fingerprint density at radius 3 is 2.85 bits per heavy atom. The van der Waals surface area contributed by atoms with Gasteiger partial charge in [0.2, 0.25) is 0 Å². The Kier molecular flexibility index (Phi) is 4.12. The first-order valence-corrected chi connectivity index (χ1v) is 5.23. The lowest BCUT2D eigenvalue weighted by Crippen LogP contribution is -1.99. The van der Waals surface area contributed by atoms with Gasteiger partial charge in [0.25, 0.3) is 0 Å². The van der Waals surface area contributed by atoms with Gasteiger partial charge in [-0.3, -0.25) is 0 Å². The highest BCUT2D eigenvalue weighted by molar-refractivity contribution is 7.12. The fourth-order valence-electron chi connectivity index (χ4n) is 1.10. The summed E-state index contributed by atoms with van der Waals surface area (Å²) in [5.41, 5.74) is 0. The molecule has 2 nitrogen and oxygen atoms in total. The SMILES string of the molecule is CC(O)CCc1ccc(CC=O)s1. The molecule has 72 valence electrons. The largest absolute Gasteiger partial charge is 0.393 e. The van der Waals surface area contributed by atoms with Crippen LogP contribution in [0.3, 0.4) is 0 Å². The van der Waals surface area contributed by atoms with Crippen LogP contribution in [0.5, 0.6) is 0 Å². The van der Waals surface area contributed by atoms with Crippen molar-refractivity contribution in [3.8, 4) is 0 Å². The van der Waals surface area contributed by atoms with Crippen molar-refractivity contribution in [2.75, 3.05) is 0 Å². The summed E-state index contributed by atoms with van der Waals surface area (Å²) in [5, 5.41) is 9.07. The van der Waals surface area contributed by atoms with Crippen LogP contribution in [0.15, 0.2) is 12.1 Å². The van der Waals surface area contributed by atoms with E-state index in [1.165, 1.54) is 4.88 Å². The Balaban J connectivity index is 2.44. The van der Waals surface area contributed by atoms with Gasteiger partial charge in [0.05, 0.1) is 6.10 Å². The van der Waals surface area contributed by atoms with Crippen molar-refractivity contribution >= 4 is 17.6 Å². The van der Waals surface area contributed by atoms with Crippen molar-refractivity contribution < 1.29 is 9.90 Å². The molecule has 0 aliphatic rings. The zero-order valence-electron chi connectivity index (χ0n) is 7.69. The van der Waals surface area contributed by atoms with Crippen molar-refractivity contribution in [3.63, 3.8) is 0 Å².